The summed E-state index contributed by atoms with van der Waals surface area (Å²) >= 11 is 0. The number of nitrogens with zero attached hydrogens (tertiary/aromatic N) is 4. The van der Waals surface area contributed by atoms with Gasteiger partial charge in [0.05, 0.1) is 25.4 Å². The zero-order valence-corrected chi connectivity index (χ0v) is 13.9. The number of aromatic nitrogens is 3. The molecule has 1 N–H and O–H groups in total. The minimum atomic E-state index is -0.0883. The molecule has 1 aliphatic carbocycles. The summed E-state index contributed by atoms with van der Waals surface area (Å²) in [6.45, 7) is 1.47. The van der Waals surface area contributed by atoms with Crippen molar-refractivity contribution in [3.8, 4) is 0 Å². The van der Waals surface area contributed by atoms with Gasteiger partial charge in [0, 0.05) is 13.0 Å². The van der Waals surface area contributed by atoms with Crippen molar-refractivity contribution in [2.45, 2.75) is 77.0 Å². The number of rotatable bonds is 5. The number of hydrogen-bond acceptors (Lipinski definition) is 4. The van der Waals surface area contributed by atoms with Crippen LogP contribution in [0, 0.1) is 5.92 Å². The third kappa shape index (κ3) is 4.31. The number of carbonyl (C=O) groups is 1. The summed E-state index contributed by atoms with van der Waals surface area (Å²) in [4.78, 5) is 14.8. The first kappa shape index (κ1) is 16.4. The Morgan fingerprint density at radius 3 is 2.65 bits per heavy atom. The Kier molecular flexibility index (Phi) is 5.65. The summed E-state index contributed by atoms with van der Waals surface area (Å²) in [6, 6.07) is 0.224. The molecule has 2 aliphatic rings. The van der Waals surface area contributed by atoms with E-state index in [2.05, 4.69) is 15.2 Å². The van der Waals surface area contributed by atoms with Gasteiger partial charge in [-0.25, -0.2) is 0 Å². The van der Waals surface area contributed by atoms with Crippen LogP contribution < -0.4 is 0 Å². The Balaban J connectivity index is 1.55. The number of likely N-dealkylation sites (tertiary alicyclic amines) is 1. The van der Waals surface area contributed by atoms with E-state index in [4.69, 9.17) is 5.11 Å². The molecule has 1 saturated carbocycles. The number of aliphatic hydroxyl groups is 1. The van der Waals surface area contributed by atoms with Gasteiger partial charge in [0.1, 0.15) is 5.69 Å². The molecule has 2 heterocycles. The van der Waals surface area contributed by atoms with Crippen molar-refractivity contribution < 1.29 is 9.90 Å². The number of carbonyl (C=O) groups excluding carboxylic acids is 1. The Hall–Kier alpha value is -1.43. The predicted octanol–water partition coefficient (Wildman–Crippen LogP) is 2.12. The maximum atomic E-state index is 12.7. The molecular formula is C17H28N4O2. The second-order valence-electron chi connectivity index (χ2n) is 7.03. The van der Waals surface area contributed by atoms with Crippen LogP contribution in [0.15, 0.2) is 6.20 Å². The van der Waals surface area contributed by atoms with E-state index in [1.54, 1.807) is 10.9 Å². The topological polar surface area (TPSA) is 71.2 Å². The maximum absolute atomic E-state index is 12.7. The summed E-state index contributed by atoms with van der Waals surface area (Å²) in [7, 11) is 0. The van der Waals surface area contributed by atoms with E-state index >= 15 is 0 Å². The van der Waals surface area contributed by atoms with Gasteiger partial charge in [0.15, 0.2) is 0 Å². The molecule has 0 spiro atoms. The molecule has 23 heavy (non-hydrogen) atoms. The molecule has 6 nitrogen and oxygen atoms in total. The third-order valence-electron chi connectivity index (χ3n) is 5.28. The van der Waals surface area contributed by atoms with Crippen molar-refractivity contribution in [1.82, 2.24) is 19.9 Å². The number of aliphatic hydroxyl groups excluding tert-OH is 1. The Labute approximate surface area is 137 Å². The lowest BCUT2D eigenvalue weighted by molar-refractivity contribution is -0.133. The van der Waals surface area contributed by atoms with E-state index in [9.17, 15) is 4.79 Å². The Morgan fingerprint density at radius 1 is 1.17 bits per heavy atom. The van der Waals surface area contributed by atoms with Gasteiger partial charge in [-0.3, -0.25) is 9.48 Å². The fraction of sp³-hybridized carbons (Fsp3) is 0.824. The van der Waals surface area contributed by atoms with Crippen LogP contribution in [0.4, 0.5) is 0 Å². The minimum absolute atomic E-state index is 0.0883. The van der Waals surface area contributed by atoms with Crippen LogP contribution in [0.5, 0.6) is 0 Å². The number of amides is 1. The zero-order valence-electron chi connectivity index (χ0n) is 13.9. The SMILES string of the molecule is O=C(CC1CCCCCC1)N1CCC[C@@H]1Cn1cc(CO)nn1. The largest absolute Gasteiger partial charge is 0.390 e. The molecule has 0 bridgehead atoms. The van der Waals surface area contributed by atoms with E-state index in [0.717, 1.165) is 25.8 Å². The molecule has 2 fully saturated rings. The van der Waals surface area contributed by atoms with Crippen molar-refractivity contribution in [2.24, 2.45) is 5.92 Å². The first-order chi connectivity index (χ1) is 11.3. The summed E-state index contributed by atoms with van der Waals surface area (Å²) in [5.41, 5.74) is 0.583. The first-order valence-corrected chi connectivity index (χ1v) is 9.05. The van der Waals surface area contributed by atoms with Gasteiger partial charge in [0.25, 0.3) is 0 Å². The van der Waals surface area contributed by atoms with Crippen molar-refractivity contribution in [2.75, 3.05) is 6.54 Å². The average molecular weight is 320 g/mol. The van der Waals surface area contributed by atoms with Crippen LogP contribution in [-0.2, 0) is 17.9 Å². The maximum Gasteiger partial charge on any atom is 0.223 e. The van der Waals surface area contributed by atoms with Crippen LogP contribution in [0.1, 0.15) is 63.5 Å². The molecule has 1 amide bonds. The zero-order chi connectivity index (χ0) is 16.1. The van der Waals surface area contributed by atoms with Crippen LogP contribution in [-0.4, -0.2) is 43.5 Å². The van der Waals surface area contributed by atoms with Crippen molar-refractivity contribution in [3.63, 3.8) is 0 Å². The second-order valence-corrected chi connectivity index (χ2v) is 7.03. The van der Waals surface area contributed by atoms with Gasteiger partial charge in [-0.15, -0.1) is 5.10 Å². The van der Waals surface area contributed by atoms with Crippen LogP contribution in [0.25, 0.3) is 0 Å². The predicted molar refractivity (Wildman–Crippen MR) is 86.5 cm³/mol. The fourth-order valence-electron chi connectivity index (χ4n) is 4.00. The van der Waals surface area contributed by atoms with E-state index in [1.165, 1.54) is 38.5 Å². The van der Waals surface area contributed by atoms with E-state index < -0.39 is 0 Å². The summed E-state index contributed by atoms with van der Waals surface area (Å²) < 4.78 is 1.76. The highest BCUT2D eigenvalue weighted by Gasteiger charge is 2.30. The van der Waals surface area contributed by atoms with E-state index in [1.807, 2.05) is 0 Å². The van der Waals surface area contributed by atoms with Crippen molar-refractivity contribution in [3.05, 3.63) is 11.9 Å². The smallest absolute Gasteiger partial charge is 0.223 e. The van der Waals surface area contributed by atoms with Gasteiger partial charge in [-0.2, -0.15) is 0 Å². The number of hydrogen-bond donors (Lipinski definition) is 1. The highest BCUT2D eigenvalue weighted by atomic mass is 16.3. The highest BCUT2D eigenvalue weighted by Crippen LogP contribution is 2.28. The van der Waals surface area contributed by atoms with Crippen molar-refractivity contribution in [1.29, 1.82) is 0 Å². The van der Waals surface area contributed by atoms with Crippen molar-refractivity contribution >= 4 is 5.91 Å². The average Bonchev–Trinajstić information content (AvgIpc) is 3.13. The van der Waals surface area contributed by atoms with Gasteiger partial charge in [-0.1, -0.05) is 30.9 Å². The molecule has 6 heteroatoms. The van der Waals surface area contributed by atoms with Gasteiger partial charge in [0.2, 0.25) is 5.91 Å². The second kappa shape index (κ2) is 7.90. The monoisotopic (exact) mass is 320 g/mol. The Bertz CT molecular complexity index is 508. The molecule has 1 aromatic rings. The van der Waals surface area contributed by atoms with Crippen LogP contribution >= 0.6 is 0 Å². The molecule has 0 radical (unpaired) electrons. The molecule has 1 aliphatic heterocycles. The summed E-state index contributed by atoms with van der Waals surface area (Å²) in [5, 5.41) is 17.0. The molecule has 1 saturated heterocycles. The first-order valence-electron chi connectivity index (χ1n) is 9.05. The standard InChI is InChI=1S/C17H28N4O2/c22-13-15-11-20(19-18-15)12-16-8-5-9-21(16)17(23)10-14-6-3-1-2-4-7-14/h11,14,16,22H,1-10,12-13H2/t16-/m1/s1. The van der Waals surface area contributed by atoms with E-state index in [0.29, 0.717) is 24.1 Å². The fourth-order valence-corrected chi connectivity index (χ4v) is 4.00. The van der Waals surface area contributed by atoms with Gasteiger partial charge < -0.3 is 10.0 Å². The Morgan fingerprint density at radius 2 is 1.96 bits per heavy atom. The molecule has 1 aromatic heterocycles. The molecule has 1 atom stereocenters. The lowest BCUT2D eigenvalue weighted by atomic mass is 9.96. The van der Waals surface area contributed by atoms with E-state index in [-0.39, 0.29) is 12.6 Å². The molecule has 3 rings (SSSR count). The molecular weight excluding hydrogens is 292 g/mol. The molecule has 0 unspecified atom stereocenters. The minimum Gasteiger partial charge on any atom is -0.390 e. The lowest BCUT2D eigenvalue weighted by Crippen LogP contribution is -2.39. The van der Waals surface area contributed by atoms with Gasteiger partial charge >= 0.3 is 0 Å². The van der Waals surface area contributed by atoms with Crippen LogP contribution in [0.2, 0.25) is 0 Å². The summed E-state index contributed by atoms with van der Waals surface area (Å²) in [6.07, 6.45) is 12.2. The normalized spacial score (nSPS) is 23.2. The van der Waals surface area contributed by atoms with Crippen LogP contribution in [0.3, 0.4) is 0 Å². The third-order valence-corrected chi connectivity index (χ3v) is 5.28. The highest BCUT2D eigenvalue weighted by molar-refractivity contribution is 5.77. The quantitative estimate of drug-likeness (QED) is 0.844. The van der Waals surface area contributed by atoms with Gasteiger partial charge in [-0.05, 0) is 31.6 Å². The lowest BCUT2D eigenvalue weighted by Gasteiger charge is -2.26. The molecule has 128 valence electrons. The summed E-state index contributed by atoms with van der Waals surface area (Å²) in [5.74, 6) is 0.903. The molecule has 0 aromatic carbocycles.